The maximum absolute atomic E-state index is 13.1. The van der Waals surface area contributed by atoms with Crippen LogP contribution in [-0.2, 0) is 14.3 Å². The smallest absolute Gasteiger partial charge is 0.265 e. The number of ether oxygens (including phenoxy) is 2. The molecule has 1 atom stereocenters. The Kier molecular flexibility index (Phi) is 6.58. The predicted octanol–water partition coefficient (Wildman–Crippen LogP) is 2.66. The van der Waals surface area contributed by atoms with Crippen molar-refractivity contribution in [3.05, 3.63) is 48.0 Å². The Morgan fingerprint density at radius 2 is 1.79 bits per heavy atom. The summed E-state index contributed by atoms with van der Waals surface area (Å²) in [6.45, 7) is 6.87. The molecule has 34 heavy (non-hydrogen) atoms. The highest BCUT2D eigenvalue weighted by Crippen LogP contribution is 2.33. The Hall–Kier alpha value is -3.26. The number of nitrogens with zero attached hydrogens (tertiary/aromatic N) is 3. The van der Waals surface area contributed by atoms with Gasteiger partial charge in [0.2, 0.25) is 5.91 Å². The number of rotatable bonds is 5. The molecule has 8 nitrogen and oxygen atoms in total. The van der Waals surface area contributed by atoms with Gasteiger partial charge in [0.1, 0.15) is 5.75 Å². The van der Waals surface area contributed by atoms with E-state index in [1.807, 2.05) is 42.2 Å². The van der Waals surface area contributed by atoms with E-state index in [-0.39, 0.29) is 18.4 Å². The summed E-state index contributed by atoms with van der Waals surface area (Å²) in [5.41, 5.74) is 3.89. The third kappa shape index (κ3) is 4.82. The summed E-state index contributed by atoms with van der Waals surface area (Å²) in [4.78, 5) is 32.2. The Balaban J connectivity index is 1.27. The van der Waals surface area contributed by atoms with Gasteiger partial charge in [-0.05, 0) is 55.7 Å². The summed E-state index contributed by atoms with van der Waals surface area (Å²) in [6.07, 6.45) is 1.81. The molecule has 2 aromatic rings. The van der Waals surface area contributed by atoms with Crippen molar-refractivity contribution < 1.29 is 19.1 Å². The van der Waals surface area contributed by atoms with Crippen LogP contribution < -0.4 is 19.9 Å². The van der Waals surface area contributed by atoms with Gasteiger partial charge in [-0.15, -0.1) is 0 Å². The summed E-state index contributed by atoms with van der Waals surface area (Å²) in [7, 11) is 0. The topological polar surface area (TPSA) is 74.4 Å². The van der Waals surface area contributed by atoms with Crippen LogP contribution in [0.5, 0.6) is 5.75 Å². The van der Waals surface area contributed by atoms with Crippen LogP contribution in [0.3, 0.4) is 0 Å². The molecule has 3 aliphatic heterocycles. The number of nitrogens with one attached hydrogen (secondary N) is 1. The lowest BCUT2D eigenvalue weighted by Crippen LogP contribution is -2.53. The highest BCUT2D eigenvalue weighted by Gasteiger charge is 2.34. The molecule has 0 radical (unpaired) electrons. The summed E-state index contributed by atoms with van der Waals surface area (Å²) < 4.78 is 11.4. The van der Waals surface area contributed by atoms with E-state index in [1.54, 1.807) is 4.90 Å². The highest BCUT2D eigenvalue weighted by molar-refractivity contribution is 5.95. The van der Waals surface area contributed by atoms with Crippen LogP contribution in [0.2, 0.25) is 0 Å². The molecule has 3 aliphatic rings. The normalized spacial score (nSPS) is 20.0. The Morgan fingerprint density at radius 3 is 2.56 bits per heavy atom. The van der Waals surface area contributed by atoms with Crippen LogP contribution in [-0.4, -0.2) is 75.3 Å². The quantitative estimate of drug-likeness (QED) is 0.734. The molecule has 1 N–H and O–H groups in total. The lowest BCUT2D eigenvalue weighted by Gasteiger charge is -2.38. The minimum Gasteiger partial charge on any atom is -0.477 e. The third-order valence-electron chi connectivity index (χ3n) is 6.75. The second-order valence-electron chi connectivity index (χ2n) is 9.13. The standard InChI is InChI=1S/C26H32N4O4/c1-19-16-20(28-10-4-5-11-28)8-9-21(19)27-25(31)18-30-17-24(26(32)29-12-14-33-15-13-29)34-23-7-3-2-6-22(23)30/h2-3,6-9,16,24H,4-5,10-15,17-18H2,1H3,(H,27,31). The van der Waals surface area contributed by atoms with Crippen molar-refractivity contribution in [2.75, 3.05) is 67.6 Å². The number of hydrogen-bond donors (Lipinski definition) is 1. The first kappa shape index (κ1) is 22.5. The van der Waals surface area contributed by atoms with Gasteiger partial charge < -0.3 is 29.5 Å². The molecule has 0 bridgehead atoms. The van der Waals surface area contributed by atoms with Crippen molar-refractivity contribution in [3.63, 3.8) is 0 Å². The average Bonchev–Trinajstić information content (AvgIpc) is 3.40. The van der Waals surface area contributed by atoms with E-state index in [4.69, 9.17) is 9.47 Å². The number of carbonyl (C=O) groups excluding carboxylic acids is 2. The fraction of sp³-hybridized carbons (Fsp3) is 0.462. The lowest BCUT2D eigenvalue weighted by molar-refractivity contribution is -0.142. The lowest BCUT2D eigenvalue weighted by atomic mass is 10.1. The van der Waals surface area contributed by atoms with Crippen LogP contribution in [0.25, 0.3) is 0 Å². The van der Waals surface area contributed by atoms with Gasteiger partial charge in [-0.25, -0.2) is 0 Å². The molecule has 1 unspecified atom stereocenters. The zero-order valence-corrected chi connectivity index (χ0v) is 19.7. The fourth-order valence-corrected chi connectivity index (χ4v) is 4.90. The second kappa shape index (κ2) is 9.93. The molecule has 2 amide bonds. The van der Waals surface area contributed by atoms with Gasteiger partial charge in [-0.1, -0.05) is 12.1 Å². The number of morpholine rings is 1. The number of hydrogen-bond acceptors (Lipinski definition) is 6. The van der Waals surface area contributed by atoms with E-state index in [1.165, 1.54) is 18.5 Å². The van der Waals surface area contributed by atoms with Gasteiger partial charge in [0.25, 0.3) is 5.91 Å². The molecule has 0 aromatic heterocycles. The van der Waals surface area contributed by atoms with Crippen LogP contribution in [0, 0.1) is 6.92 Å². The molecule has 0 aliphatic carbocycles. The molecule has 2 fully saturated rings. The number of benzene rings is 2. The monoisotopic (exact) mass is 464 g/mol. The Morgan fingerprint density at radius 1 is 1.03 bits per heavy atom. The number of amides is 2. The summed E-state index contributed by atoms with van der Waals surface area (Å²) >= 11 is 0. The Labute approximate surface area is 200 Å². The molecule has 0 saturated carbocycles. The van der Waals surface area contributed by atoms with Gasteiger partial charge >= 0.3 is 0 Å². The van der Waals surface area contributed by atoms with Gasteiger partial charge in [0, 0.05) is 37.6 Å². The van der Waals surface area contributed by atoms with Crippen molar-refractivity contribution in [2.45, 2.75) is 25.9 Å². The first-order valence-electron chi connectivity index (χ1n) is 12.1. The summed E-state index contributed by atoms with van der Waals surface area (Å²) in [5, 5.41) is 3.06. The predicted molar refractivity (Wildman–Crippen MR) is 132 cm³/mol. The van der Waals surface area contributed by atoms with E-state index >= 15 is 0 Å². The maximum atomic E-state index is 13.1. The van der Waals surface area contributed by atoms with Crippen LogP contribution >= 0.6 is 0 Å². The number of para-hydroxylation sites is 2. The first-order valence-corrected chi connectivity index (χ1v) is 12.1. The number of fused-ring (bicyclic) bond motifs is 1. The minimum atomic E-state index is -0.651. The number of anilines is 3. The van der Waals surface area contributed by atoms with E-state index in [0.717, 1.165) is 30.0 Å². The molecule has 8 heteroatoms. The van der Waals surface area contributed by atoms with Crippen LogP contribution in [0.15, 0.2) is 42.5 Å². The second-order valence-corrected chi connectivity index (χ2v) is 9.13. The molecule has 0 spiro atoms. The number of aryl methyl sites for hydroxylation is 1. The van der Waals surface area contributed by atoms with Crippen LogP contribution in [0.1, 0.15) is 18.4 Å². The van der Waals surface area contributed by atoms with Gasteiger partial charge in [-0.2, -0.15) is 0 Å². The van der Waals surface area contributed by atoms with Crippen molar-refractivity contribution in [3.8, 4) is 5.75 Å². The van der Waals surface area contributed by atoms with Gasteiger partial charge in [0.15, 0.2) is 6.10 Å². The van der Waals surface area contributed by atoms with E-state index in [9.17, 15) is 9.59 Å². The fourth-order valence-electron chi connectivity index (χ4n) is 4.90. The Bertz CT molecular complexity index is 1050. The largest absolute Gasteiger partial charge is 0.477 e. The summed E-state index contributed by atoms with van der Waals surface area (Å²) in [6, 6.07) is 13.8. The van der Waals surface area contributed by atoms with Gasteiger partial charge in [0.05, 0.1) is 32.0 Å². The van der Waals surface area contributed by atoms with E-state index in [0.29, 0.717) is 38.6 Å². The SMILES string of the molecule is Cc1cc(N2CCCC2)ccc1NC(=O)CN1CC(C(=O)N2CCOCC2)Oc2ccccc21. The molecular weight excluding hydrogens is 432 g/mol. The molecule has 2 aromatic carbocycles. The van der Waals surface area contributed by atoms with Crippen molar-refractivity contribution in [1.29, 1.82) is 0 Å². The molecule has 2 saturated heterocycles. The van der Waals surface area contributed by atoms with Crippen molar-refractivity contribution >= 4 is 28.9 Å². The van der Waals surface area contributed by atoms with Crippen molar-refractivity contribution in [2.24, 2.45) is 0 Å². The highest BCUT2D eigenvalue weighted by atomic mass is 16.5. The zero-order chi connectivity index (χ0) is 23.5. The molecule has 3 heterocycles. The summed E-state index contributed by atoms with van der Waals surface area (Å²) in [5.74, 6) is 0.446. The number of carbonyl (C=O) groups is 2. The van der Waals surface area contributed by atoms with Crippen molar-refractivity contribution in [1.82, 2.24) is 4.90 Å². The van der Waals surface area contributed by atoms with Gasteiger partial charge in [-0.3, -0.25) is 9.59 Å². The van der Waals surface area contributed by atoms with E-state index in [2.05, 4.69) is 22.3 Å². The first-order chi connectivity index (χ1) is 16.6. The zero-order valence-electron chi connectivity index (χ0n) is 19.7. The van der Waals surface area contributed by atoms with Crippen LogP contribution in [0.4, 0.5) is 17.1 Å². The third-order valence-corrected chi connectivity index (χ3v) is 6.75. The average molecular weight is 465 g/mol. The van der Waals surface area contributed by atoms with E-state index < -0.39 is 6.10 Å². The maximum Gasteiger partial charge on any atom is 0.265 e. The molecular formula is C26H32N4O4. The minimum absolute atomic E-state index is 0.0587. The molecule has 180 valence electrons. The molecule has 5 rings (SSSR count).